The van der Waals surface area contributed by atoms with Crippen molar-refractivity contribution in [1.82, 2.24) is 0 Å². The van der Waals surface area contributed by atoms with Gasteiger partial charge in [-0.25, -0.2) is 4.39 Å². The second-order valence-electron chi connectivity index (χ2n) is 4.16. The van der Waals surface area contributed by atoms with E-state index in [1.807, 2.05) is 0 Å². The molecule has 2 nitrogen and oxygen atoms in total. The normalized spacial score (nSPS) is 16.9. The summed E-state index contributed by atoms with van der Waals surface area (Å²) in [5.74, 6) is -0.303. The van der Waals surface area contributed by atoms with Gasteiger partial charge in [0.1, 0.15) is 5.82 Å². The van der Waals surface area contributed by atoms with Crippen LogP contribution >= 0.6 is 15.9 Å². The first-order valence-electron chi connectivity index (χ1n) is 5.06. The van der Waals surface area contributed by atoms with Crippen molar-refractivity contribution in [3.8, 4) is 0 Å². The second-order valence-corrected chi connectivity index (χ2v) is 5.01. The van der Waals surface area contributed by atoms with Gasteiger partial charge < -0.3 is 9.84 Å². The Bertz CT molecular complexity index is 366. The molecule has 90 valence electrons. The molecule has 0 aliphatic heterocycles. The average Bonchev–Trinajstić information content (AvgIpc) is 2.22. The topological polar surface area (TPSA) is 29.5 Å². The molecule has 0 radical (unpaired) electrons. The van der Waals surface area contributed by atoms with Gasteiger partial charge in [-0.05, 0) is 47.5 Å². The summed E-state index contributed by atoms with van der Waals surface area (Å²) in [5.41, 5.74) is -0.103. The maximum Gasteiger partial charge on any atom is 0.137 e. The van der Waals surface area contributed by atoms with Crippen LogP contribution in [0.2, 0.25) is 0 Å². The summed E-state index contributed by atoms with van der Waals surface area (Å²) < 4.78 is 18.5. The van der Waals surface area contributed by atoms with Crippen molar-refractivity contribution in [2.45, 2.75) is 32.0 Å². The molecule has 16 heavy (non-hydrogen) atoms. The summed E-state index contributed by atoms with van der Waals surface area (Å²) in [5, 5.41) is 10.2. The third-order valence-electron chi connectivity index (χ3n) is 2.78. The number of halogens is 2. The Kier molecular flexibility index (Phi) is 4.47. The lowest BCUT2D eigenvalue weighted by atomic mass is 9.92. The molecule has 0 spiro atoms. The van der Waals surface area contributed by atoms with E-state index in [0.29, 0.717) is 10.9 Å². The number of hydrogen-bond acceptors (Lipinski definition) is 2. The largest absolute Gasteiger partial charge is 0.387 e. The lowest BCUT2D eigenvalue weighted by Gasteiger charge is -2.29. The van der Waals surface area contributed by atoms with E-state index in [2.05, 4.69) is 15.9 Å². The summed E-state index contributed by atoms with van der Waals surface area (Å²) in [7, 11) is 1.56. The van der Waals surface area contributed by atoms with E-state index in [4.69, 9.17) is 4.74 Å². The van der Waals surface area contributed by atoms with E-state index in [1.165, 1.54) is 6.07 Å². The Labute approximate surface area is 104 Å². The van der Waals surface area contributed by atoms with Gasteiger partial charge in [0.25, 0.3) is 0 Å². The molecule has 1 aromatic rings. The molecule has 0 aliphatic carbocycles. The van der Waals surface area contributed by atoms with Crippen LogP contribution < -0.4 is 0 Å². The van der Waals surface area contributed by atoms with Crippen LogP contribution in [-0.4, -0.2) is 23.9 Å². The maximum absolute atomic E-state index is 13.0. The van der Waals surface area contributed by atoms with Crippen molar-refractivity contribution in [3.05, 3.63) is 34.1 Å². The molecular weight excluding hydrogens is 275 g/mol. The summed E-state index contributed by atoms with van der Waals surface area (Å²) >= 11 is 3.12. The molecule has 0 aromatic heterocycles. The lowest BCUT2D eigenvalue weighted by molar-refractivity contribution is -0.0715. The fourth-order valence-corrected chi connectivity index (χ4v) is 1.89. The molecule has 0 heterocycles. The van der Waals surface area contributed by atoms with Gasteiger partial charge in [-0.2, -0.15) is 0 Å². The molecule has 1 aromatic carbocycles. The standard InChI is InChI=1S/C12H16BrFO2/c1-8(16-3)12(2,15)7-9-4-5-11(14)10(13)6-9/h4-6,8,15H,7H2,1-3H3. The van der Waals surface area contributed by atoms with Gasteiger partial charge >= 0.3 is 0 Å². The second kappa shape index (κ2) is 5.25. The van der Waals surface area contributed by atoms with Crippen molar-refractivity contribution in [2.24, 2.45) is 0 Å². The predicted molar refractivity (Wildman–Crippen MR) is 64.9 cm³/mol. The van der Waals surface area contributed by atoms with Crippen molar-refractivity contribution in [1.29, 1.82) is 0 Å². The number of rotatable bonds is 4. The Hall–Kier alpha value is -0.450. The highest BCUT2D eigenvalue weighted by atomic mass is 79.9. The van der Waals surface area contributed by atoms with Crippen LogP contribution in [0, 0.1) is 5.82 Å². The number of methoxy groups -OCH3 is 1. The van der Waals surface area contributed by atoms with Gasteiger partial charge in [0.05, 0.1) is 16.2 Å². The zero-order valence-electron chi connectivity index (χ0n) is 9.63. The average molecular weight is 291 g/mol. The van der Waals surface area contributed by atoms with Crippen molar-refractivity contribution in [2.75, 3.05) is 7.11 Å². The van der Waals surface area contributed by atoms with Gasteiger partial charge in [-0.1, -0.05) is 6.07 Å². The summed E-state index contributed by atoms with van der Waals surface area (Å²) in [4.78, 5) is 0. The van der Waals surface area contributed by atoms with Crippen LogP contribution in [0.15, 0.2) is 22.7 Å². The summed E-state index contributed by atoms with van der Waals surface area (Å²) in [6.07, 6.45) is 0.136. The molecule has 1 N–H and O–H groups in total. The van der Waals surface area contributed by atoms with E-state index in [0.717, 1.165) is 5.56 Å². The van der Waals surface area contributed by atoms with Crippen molar-refractivity contribution < 1.29 is 14.2 Å². The number of hydrogen-bond donors (Lipinski definition) is 1. The molecule has 2 unspecified atom stereocenters. The molecule has 2 atom stereocenters. The minimum Gasteiger partial charge on any atom is -0.387 e. The zero-order chi connectivity index (χ0) is 12.3. The minimum absolute atomic E-state index is 0.281. The minimum atomic E-state index is -0.966. The van der Waals surface area contributed by atoms with Crippen LogP contribution in [0.5, 0.6) is 0 Å². The monoisotopic (exact) mass is 290 g/mol. The van der Waals surface area contributed by atoms with Crippen LogP contribution in [-0.2, 0) is 11.2 Å². The first-order chi connectivity index (χ1) is 7.36. The smallest absolute Gasteiger partial charge is 0.137 e. The molecule has 0 amide bonds. The molecule has 0 saturated heterocycles. The quantitative estimate of drug-likeness (QED) is 0.924. The zero-order valence-corrected chi connectivity index (χ0v) is 11.2. The highest BCUT2D eigenvalue weighted by molar-refractivity contribution is 9.10. The fraction of sp³-hybridized carbons (Fsp3) is 0.500. The SMILES string of the molecule is COC(C)C(C)(O)Cc1ccc(F)c(Br)c1. The van der Waals surface area contributed by atoms with Gasteiger partial charge in [-0.3, -0.25) is 0 Å². The van der Waals surface area contributed by atoms with E-state index >= 15 is 0 Å². The predicted octanol–water partition coefficient (Wildman–Crippen LogP) is 2.92. The molecule has 4 heteroatoms. The Morgan fingerprint density at radius 2 is 2.19 bits per heavy atom. The number of ether oxygens (including phenoxy) is 1. The summed E-state index contributed by atoms with van der Waals surface area (Å²) in [6.45, 7) is 3.51. The first-order valence-corrected chi connectivity index (χ1v) is 5.85. The Morgan fingerprint density at radius 1 is 1.56 bits per heavy atom. The Balaban J connectivity index is 2.84. The van der Waals surface area contributed by atoms with Crippen LogP contribution in [0.4, 0.5) is 4.39 Å². The van der Waals surface area contributed by atoms with Gasteiger partial charge in [0.15, 0.2) is 0 Å². The van der Waals surface area contributed by atoms with Crippen LogP contribution in [0.3, 0.4) is 0 Å². The van der Waals surface area contributed by atoms with E-state index in [9.17, 15) is 9.50 Å². The third kappa shape index (κ3) is 3.27. The Morgan fingerprint density at radius 3 is 2.69 bits per heavy atom. The third-order valence-corrected chi connectivity index (χ3v) is 3.38. The summed E-state index contributed by atoms with van der Waals surface area (Å²) in [6, 6.07) is 4.72. The molecule has 0 saturated carbocycles. The number of benzene rings is 1. The molecule has 0 bridgehead atoms. The molecule has 1 rings (SSSR count). The highest BCUT2D eigenvalue weighted by Crippen LogP contribution is 2.23. The molecular formula is C12H16BrFO2. The number of aliphatic hydroxyl groups is 1. The van der Waals surface area contributed by atoms with Gasteiger partial charge in [-0.15, -0.1) is 0 Å². The fourth-order valence-electron chi connectivity index (χ4n) is 1.46. The van der Waals surface area contributed by atoms with Crippen molar-refractivity contribution in [3.63, 3.8) is 0 Å². The molecule has 0 fully saturated rings. The van der Waals surface area contributed by atoms with E-state index < -0.39 is 5.60 Å². The van der Waals surface area contributed by atoms with E-state index in [1.54, 1.807) is 33.1 Å². The van der Waals surface area contributed by atoms with E-state index in [-0.39, 0.29) is 11.9 Å². The first kappa shape index (κ1) is 13.6. The lowest BCUT2D eigenvalue weighted by Crippen LogP contribution is -2.40. The van der Waals surface area contributed by atoms with Gasteiger partial charge in [0, 0.05) is 13.5 Å². The van der Waals surface area contributed by atoms with Crippen LogP contribution in [0.1, 0.15) is 19.4 Å². The van der Waals surface area contributed by atoms with Crippen LogP contribution in [0.25, 0.3) is 0 Å². The molecule has 0 aliphatic rings. The van der Waals surface area contributed by atoms with Crippen molar-refractivity contribution >= 4 is 15.9 Å². The maximum atomic E-state index is 13.0. The van der Waals surface area contributed by atoms with Gasteiger partial charge in [0.2, 0.25) is 0 Å². The highest BCUT2D eigenvalue weighted by Gasteiger charge is 2.28.